The molecule has 194 valence electrons. The molecule has 0 unspecified atom stereocenters. The predicted molar refractivity (Wildman–Crippen MR) is 124 cm³/mol. The molecule has 0 saturated heterocycles. The fraction of sp³-hybridized carbons (Fsp3) is 0.417. The van der Waals surface area contributed by atoms with Crippen molar-refractivity contribution in [3.05, 3.63) is 39.7 Å². The Morgan fingerprint density at radius 1 is 1.16 bits per heavy atom. The molecule has 4 rings (SSSR count). The number of Topliss-reactive ketones (excluding diaryl/α,β-unsaturated/α-hetero) is 2. The van der Waals surface area contributed by atoms with Crippen LogP contribution in [0.5, 0.6) is 5.75 Å². The van der Waals surface area contributed by atoms with Gasteiger partial charge in [-0.05, 0) is 44.5 Å². The number of halogens is 1. The Morgan fingerprint density at radius 2 is 1.76 bits per heavy atom. The standard InChI is InChI=1S/C24H27N3O8.FH.K/c1-26(2)13-7-10(8-28)18(29)15-11(13)5-9-6-12-17(27(3)4)20(31)16(23(25)34)22(33)24(12,35)21(32)14(9)19(15)30;;/h7-9,12,17,29-30,33,35H,5-6H2,1-4H3,(H2,25,34);1H;/q;;+1/p-1/t9-,12-,17+,24-;;/m0../s1. The zero-order valence-corrected chi connectivity index (χ0v) is 24.2. The van der Waals surface area contributed by atoms with Crippen LogP contribution in [0.1, 0.15) is 27.9 Å². The molecule has 1 saturated carbocycles. The Hall–Kier alpha value is -2.13. The molecule has 37 heavy (non-hydrogen) atoms. The number of phenols is 1. The van der Waals surface area contributed by atoms with Gasteiger partial charge in [-0.15, -0.1) is 0 Å². The third kappa shape index (κ3) is 4.26. The number of nitrogens with two attached hydrogens (primary N) is 1. The largest absolute Gasteiger partial charge is 1.00 e. The van der Waals surface area contributed by atoms with Gasteiger partial charge in [0, 0.05) is 31.3 Å². The van der Waals surface area contributed by atoms with Gasteiger partial charge >= 0.3 is 51.4 Å². The van der Waals surface area contributed by atoms with Crippen LogP contribution in [-0.4, -0.2) is 88.9 Å². The molecule has 0 bridgehead atoms. The fourth-order valence-electron chi connectivity index (χ4n) is 5.80. The number of fused-ring (bicyclic) bond motifs is 3. The van der Waals surface area contributed by atoms with Crippen molar-refractivity contribution in [2.45, 2.75) is 24.5 Å². The summed E-state index contributed by atoms with van der Waals surface area (Å²) in [5, 5.41) is 44.3. The van der Waals surface area contributed by atoms with Gasteiger partial charge < -0.3 is 35.8 Å². The van der Waals surface area contributed by atoms with Gasteiger partial charge in [0.05, 0.1) is 17.2 Å². The molecule has 1 amide bonds. The summed E-state index contributed by atoms with van der Waals surface area (Å²) < 4.78 is 0. The second-order valence-corrected chi connectivity index (χ2v) is 9.66. The van der Waals surface area contributed by atoms with Gasteiger partial charge in [0.1, 0.15) is 22.8 Å². The molecule has 0 aliphatic heterocycles. The van der Waals surface area contributed by atoms with Crippen LogP contribution in [0.2, 0.25) is 0 Å². The monoisotopic (exact) mass is 543 g/mol. The maximum atomic E-state index is 13.8. The third-order valence-corrected chi connectivity index (χ3v) is 7.34. The smallest absolute Gasteiger partial charge is 1.00 e. The Morgan fingerprint density at radius 3 is 2.24 bits per heavy atom. The van der Waals surface area contributed by atoms with E-state index in [1.165, 1.54) is 25.1 Å². The number of hydrogen-bond acceptors (Lipinski definition) is 10. The van der Waals surface area contributed by atoms with Crippen LogP contribution in [-0.2, 0) is 20.8 Å². The topological polar surface area (TPSA) is 182 Å². The molecular weight excluding hydrogens is 516 g/mol. The summed E-state index contributed by atoms with van der Waals surface area (Å²) in [6.45, 7) is 0. The van der Waals surface area contributed by atoms with Gasteiger partial charge in [-0.1, -0.05) is 0 Å². The van der Waals surface area contributed by atoms with Crippen LogP contribution in [0.3, 0.4) is 0 Å². The van der Waals surface area contributed by atoms with E-state index in [1.807, 2.05) is 0 Å². The minimum Gasteiger partial charge on any atom is -1.00 e. The molecule has 6 N–H and O–H groups in total. The molecule has 1 aromatic rings. The summed E-state index contributed by atoms with van der Waals surface area (Å²) in [4.78, 5) is 53.6. The van der Waals surface area contributed by atoms with Gasteiger partial charge in [-0.2, -0.15) is 0 Å². The second-order valence-electron chi connectivity index (χ2n) is 9.66. The van der Waals surface area contributed by atoms with E-state index in [-0.39, 0.29) is 85.6 Å². The summed E-state index contributed by atoms with van der Waals surface area (Å²) in [7, 11) is 6.52. The fourth-order valence-corrected chi connectivity index (χ4v) is 5.80. The molecule has 0 radical (unpaired) electrons. The molecule has 3 aliphatic rings. The Balaban J connectivity index is 0.00000241. The minimum atomic E-state index is -2.70. The number of carbonyl (C=O) groups is 4. The number of aliphatic hydroxyl groups excluding tert-OH is 2. The summed E-state index contributed by atoms with van der Waals surface area (Å²) in [5.41, 5.74) is 2.28. The number of hydrogen-bond donors (Lipinski definition) is 5. The van der Waals surface area contributed by atoms with E-state index in [9.17, 15) is 39.6 Å². The van der Waals surface area contributed by atoms with E-state index in [0.717, 1.165) is 0 Å². The normalized spacial score (nSPS) is 26.5. The number of ketones is 2. The van der Waals surface area contributed by atoms with E-state index >= 15 is 0 Å². The Kier molecular flexibility index (Phi) is 8.87. The van der Waals surface area contributed by atoms with Gasteiger partial charge in [-0.3, -0.25) is 24.1 Å². The van der Waals surface area contributed by atoms with Crippen LogP contribution in [0.25, 0.3) is 5.76 Å². The molecule has 0 heterocycles. The molecule has 3 aliphatic carbocycles. The van der Waals surface area contributed by atoms with Gasteiger partial charge in [-0.25, -0.2) is 0 Å². The van der Waals surface area contributed by atoms with Crippen LogP contribution >= 0.6 is 0 Å². The van der Waals surface area contributed by atoms with Crippen molar-refractivity contribution in [2.75, 3.05) is 33.1 Å². The van der Waals surface area contributed by atoms with E-state index in [2.05, 4.69) is 0 Å². The van der Waals surface area contributed by atoms with Crippen molar-refractivity contribution in [1.29, 1.82) is 0 Å². The van der Waals surface area contributed by atoms with Crippen molar-refractivity contribution < 1.29 is 95.7 Å². The molecule has 1 fully saturated rings. The van der Waals surface area contributed by atoms with Gasteiger partial charge in [0.2, 0.25) is 5.78 Å². The number of amides is 1. The van der Waals surface area contributed by atoms with Crippen LogP contribution in [0, 0.1) is 11.8 Å². The third-order valence-electron chi connectivity index (χ3n) is 7.34. The maximum absolute atomic E-state index is 13.8. The first-order valence-electron chi connectivity index (χ1n) is 10.9. The van der Waals surface area contributed by atoms with Crippen molar-refractivity contribution >= 4 is 35.2 Å². The number of aldehydes is 1. The molecule has 1 aromatic carbocycles. The molecule has 0 spiro atoms. The molecule has 0 aromatic heterocycles. The quantitative estimate of drug-likeness (QED) is 0.139. The van der Waals surface area contributed by atoms with Crippen molar-refractivity contribution in [1.82, 2.24) is 4.90 Å². The maximum Gasteiger partial charge on any atom is 1.00 e. The molecule has 4 atom stereocenters. The number of primary amides is 1. The molecule has 11 nitrogen and oxygen atoms in total. The molecular formula is C24H27FKN3O8. The number of rotatable bonds is 4. The first-order valence-corrected chi connectivity index (χ1v) is 10.9. The van der Waals surface area contributed by atoms with Crippen LogP contribution < -0.4 is 66.7 Å². The van der Waals surface area contributed by atoms with Gasteiger partial charge in [0.25, 0.3) is 5.91 Å². The minimum absolute atomic E-state index is 0. The predicted octanol–water partition coefficient (Wildman–Crippen LogP) is -6.15. The SMILES string of the molecule is CN(C)c1cc(C=O)c(O)c2c1C[C@H]1C[C@H]3[C@@H](N(C)C)C(=O)C(C(N)=O)=C(O)[C@@]3(O)C(=O)C1=C2O.[F-].[K+]. The number of anilines is 1. The summed E-state index contributed by atoms with van der Waals surface area (Å²) in [5.74, 6) is -7.33. The van der Waals surface area contributed by atoms with Crippen molar-refractivity contribution in [3.8, 4) is 5.75 Å². The van der Waals surface area contributed by atoms with Crippen LogP contribution in [0.4, 0.5) is 5.69 Å². The molecule has 13 heteroatoms. The van der Waals surface area contributed by atoms with E-state index in [0.29, 0.717) is 17.5 Å². The number of nitrogens with zero attached hydrogens (tertiary/aromatic N) is 2. The number of phenolic OH excluding ortho intramolecular Hbond substituents is 1. The van der Waals surface area contributed by atoms with Crippen molar-refractivity contribution in [3.63, 3.8) is 0 Å². The van der Waals surface area contributed by atoms with E-state index < -0.39 is 63.8 Å². The van der Waals surface area contributed by atoms with E-state index in [1.54, 1.807) is 19.0 Å². The Bertz CT molecular complexity index is 1270. The summed E-state index contributed by atoms with van der Waals surface area (Å²) in [6, 6.07) is 0.326. The number of carbonyl (C=O) groups excluding carboxylic acids is 4. The number of aromatic hydroxyl groups is 1. The van der Waals surface area contributed by atoms with Crippen LogP contribution in [0.15, 0.2) is 23.0 Å². The summed E-state index contributed by atoms with van der Waals surface area (Å²) in [6.07, 6.45) is 0.560. The average molecular weight is 544 g/mol. The number of likely N-dealkylation sites (N-methyl/N-ethyl adjacent to an activating group) is 1. The average Bonchev–Trinajstić information content (AvgIpc) is 2.75. The Labute approximate surface area is 254 Å². The zero-order valence-electron chi connectivity index (χ0n) is 21.1. The summed E-state index contributed by atoms with van der Waals surface area (Å²) >= 11 is 0. The zero-order chi connectivity index (χ0) is 26.1. The number of aliphatic hydroxyl groups is 3. The van der Waals surface area contributed by atoms with Gasteiger partial charge in [0.15, 0.2) is 17.7 Å². The first-order chi connectivity index (χ1) is 16.3. The van der Waals surface area contributed by atoms with Crippen molar-refractivity contribution in [2.24, 2.45) is 17.6 Å². The first kappa shape index (κ1) is 31.1. The second kappa shape index (κ2) is 10.6. The van der Waals surface area contributed by atoms with E-state index in [4.69, 9.17) is 5.73 Å². The number of benzene rings is 1.